The van der Waals surface area contributed by atoms with Gasteiger partial charge < -0.3 is 19.9 Å². The third kappa shape index (κ3) is 4.14. The van der Waals surface area contributed by atoms with Crippen LogP contribution in [0.4, 0.5) is 4.79 Å². The molecular weight excluding hydrogens is 288 g/mol. The molecule has 0 bridgehead atoms. The summed E-state index contributed by atoms with van der Waals surface area (Å²) >= 11 is 1.74. The summed E-state index contributed by atoms with van der Waals surface area (Å²) in [6.07, 6.45) is 7.25. The quantitative estimate of drug-likeness (QED) is 0.839. The number of nitrogens with zero attached hydrogens (tertiary/aromatic N) is 2. The van der Waals surface area contributed by atoms with E-state index in [1.165, 1.54) is 0 Å². The minimum absolute atomic E-state index is 0.0297. The van der Waals surface area contributed by atoms with Crippen molar-refractivity contribution in [3.8, 4) is 0 Å². The maximum Gasteiger partial charge on any atom is 0.315 e. The van der Waals surface area contributed by atoms with Gasteiger partial charge in [0.15, 0.2) is 0 Å². The van der Waals surface area contributed by atoms with Gasteiger partial charge in [0.25, 0.3) is 0 Å². The molecule has 0 aromatic carbocycles. The van der Waals surface area contributed by atoms with Gasteiger partial charge in [0.2, 0.25) is 0 Å². The van der Waals surface area contributed by atoms with Crippen LogP contribution in [0.1, 0.15) is 31.7 Å². The van der Waals surface area contributed by atoms with E-state index in [1.54, 1.807) is 18.0 Å². The van der Waals surface area contributed by atoms with Crippen molar-refractivity contribution in [1.29, 1.82) is 0 Å². The Bertz CT molecular complexity index is 466. The topological polar surface area (TPSA) is 68.2 Å². The highest BCUT2D eigenvalue weighted by molar-refractivity contribution is 7.98. The van der Waals surface area contributed by atoms with E-state index in [0.29, 0.717) is 6.61 Å². The van der Waals surface area contributed by atoms with Crippen molar-refractivity contribution in [1.82, 2.24) is 20.2 Å². The number of imidazole rings is 1. The first-order chi connectivity index (χ1) is 10.2. The highest BCUT2D eigenvalue weighted by Crippen LogP contribution is 2.27. The fourth-order valence-electron chi connectivity index (χ4n) is 2.50. The normalized spacial score (nSPS) is 23.0. The number of urea groups is 1. The van der Waals surface area contributed by atoms with Crippen molar-refractivity contribution in [2.75, 3.05) is 18.6 Å². The summed E-state index contributed by atoms with van der Waals surface area (Å²) in [5, 5.41) is 6.05. The molecule has 1 fully saturated rings. The Kier molecular flexibility index (Phi) is 5.93. The molecule has 0 aliphatic carbocycles. The predicted molar refractivity (Wildman–Crippen MR) is 84.4 cm³/mol. The summed E-state index contributed by atoms with van der Waals surface area (Å²) in [5.41, 5.74) is 0. The molecule has 0 unspecified atom stereocenters. The third-order valence-electron chi connectivity index (χ3n) is 3.72. The molecule has 0 radical (unpaired) electrons. The average Bonchev–Trinajstić information content (AvgIpc) is 3.06. The number of ether oxygens (including phenoxy) is 1. The molecule has 2 rings (SSSR count). The van der Waals surface area contributed by atoms with Gasteiger partial charge in [-0.25, -0.2) is 9.78 Å². The minimum Gasteiger partial charge on any atom is -0.368 e. The van der Waals surface area contributed by atoms with Gasteiger partial charge >= 0.3 is 6.03 Å². The van der Waals surface area contributed by atoms with Crippen LogP contribution in [0.15, 0.2) is 12.4 Å². The van der Waals surface area contributed by atoms with Crippen molar-refractivity contribution in [3.63, 3.8) is 0 Å². The summed E-state index contributed by atoms with van der Waals surface area (Å²) in [6, 6.07) is 0.0532. The zero-order valence-corrected chi connectivity index (χ0v) is 13.7. The van der Waals surface area contributed by atoms with Crippen molar-refractivity contribution in [3.05, 3.63) is 18.2 Å². The molecule has 2 amide bonds. The first-order valence-electron chi connectivity index (χ1n) is 7.30. The Morgan fingerprint density at radius 2 is 2.48 bits per heavy atom. The van der Waals surface area contributed by atoms with Crippen LogP contribution in [0.25, 0.3) is 0 Å². The standard InChI is InChI=1S/C14H24N4O2S/c1-4-10(9-21-3)16-14(19)17-11-5-8-20-12(11)13-15-6-7-18(13)2/h6-7,10-12H,4-5,8-9H2,1-3H3,(H2,16,17,19)/t10-,11-,12-/m0/s1. The van der Waals surface area contributed by atoms with Crippen LogP contribution < -0.4 is 10.6 Å². The molecule has 3 atom stereocenters. The smallest absolute Gasteiger partial charge is 0.315 e. The van der Waals surface area contributed by atoms with Crippen LogP contribution in [0.2, 0.25) is 0 Å². The van der Waals surface area contributed by atoms with E-state index in [2.05, 4.69) is 22.5 Å². The van der Waals surface area contributed by atoms with E-state index >= 15 is 0 Å². The van der Waals surface area contributed by atoms with E-state index in [-0.39, 0.29) is 24.2 Å². The van der Waals surface area contributed by atoms with Crippen LogP contribution in [-0.2, 0) is 11.8 Å². The molecule has 1 saturated heterocycles. The summed E-state index contributed by atoms with van der Waals surface area (Å²) < 4.78 is 7.68. The highest BCUT2D eigenvalue weighted by Gasteiger charge is 2.33. The lowest BCUT2D eigenvalue weighted by molar-refractivity contribution is 0.0907. The molecule has 6 nitrogen and oxygen atoms in total. The molecule has 21 heavy (non-hydrogen) atoms. The van der Waals surface area contributed by atoms with Crippen molar-refractivity contribution >= 4 is 17.8 Å². The Hall–Kier alpha value is -1.21. The molecule has 0 spiro atoms. The van der Waals surface area contributed by atoms with E-state index in [1.807, 2.05) is 24.1 Å². The van der Waals surface area contributed by atoms with Gasteiger partial charge in [0.1, 0.15) is 11.9 Å². The molecule has 2 N–H and O–H groups in total. The average molecular weight is 312 g/mol. The summed E-state index contributed by atoms with van der Waals surface area (Å²) in [7, 11) is 1.94. The number of nitrogens with one attached hydrogen (secondary N) is 2. The van der Waals surface area contributed by atoms with Gasteiger partial charge in [-0.2, -0.15) is 11.8 Å². The molecule has 1 aromatic heterocycles. The lowest BCUT2D eigenvalue weighted by Gasteiger charge is -2.22. The van der Waals surface area contributed by atoms with Gasteiger partial charge in [0, 0.05) is 37.8 Å². The SMILES string of the molecule is CC[C@@H](CSC)NC(=O)N[C@H]1CCO[C@@H]1c1nccn1C. The lowest BCUT2D eigenvalue weighted by Crippen LogP contribution is -2.47. The summed E-state index contributed by atoms with van der Waals surface area (Å²) in [5.74, 6) is 1.78. The number of aryl methyl sites for hydroxylation is 1. The van der Waals surface area contributed by atoms with Gasteiger partial charge in [-0.15, -0.1) is 0 Å². The Morgan fingerprint density at radius 1 is 1.67 bits per heavy atom. The summed E-state index contributed by atoms with van der Waals surface area (Å²) in [4.78, 5) is 16.5. The van der Waals surface area contributed by atoms with Crippen LogP contribution in [0.5, 0.6) is 0 Å². The number of hydrogen-bond donors (Lipinski definition) is 2. The largest absolute Gasteiger partial charge is 0.368 e. The molecule has 1 aliphatic heterocycles. The van der Waals surface area contributed by atoms with Crippen molar-refractivity contribution in [2.24, 2.45) is 7.05 Å². The lowest BCUT2D eigenvalue weighted by atomic mass is 10.1. The van der Waals surface area contributed by atoms with Crippen LogP contribution in [-0.4, -0.2) is 46.3 Å². The van der Waals surface area contributed by atoms with Crippen LogP contribution in [0, 0.1) is 0 Å². The molecule has 7 heteroatoms. The second-order valence-electron chi connectivity index (χ2n) is 5.26. The monoisotopic (exact) mass is 312 g/mol. The zero-order chi connectivity index (χ0) is 15.2. The highest BCUT2D eigenvalue weighted by atomic mass is 32.2. The van der Waals surface area contributed by atoms with Crippen molar-refractivity contribution < 1.29 is 9.53 Å². The number of amides is 2. The maximum absolute atomic E-state index is 12.1. The number of rotatable bonds is 6. The Labute approximate surface area is 130 Å². The molecule has 1 aromatic rings. The van der Waals surface area contributed by atoms with E-state index < -0.39 is 0 Å². The third-order valence-corrected chi connectivity index (χ3v) is 4.45. The fraction of sp³-hybridized carbons (Fsp3) is 0.714. The number of hydrogen-bond acceptors (Lipinski definition) is 4. The summed E-state index contributed by atoms with van der Waals surface area (Å²) in [6.45, 7) is 2.72. The number of thioether (sulfide) groups is 1. The van der Waals surface area contributed by atoms with Gasteiger partial charge in [-0.1, -0.05) is 6.92 Å². The zero-order valence-electron chi connectivity index (χ0n) is 12.8. The molecule has 0 saturated carbocycles. The Morgan fingerprint density at radius 3 is 3.10 bits per heavy atom. The first kappa shape index (κ1) is 16.2. The van der Waals surface area contributed by atoms with Crippen LogP contribution >= 0.6 is 11.8 Å². The molecular formula is C14H24N4O2S. The molecule has 118 valence electrons. The van der Waals surface area contributed by atoms with Crippen molar-refractivity contribution in [2.45, 2.75) is 38.0 Å². The second kappa shape index (κ2) is 7.70. The van der Waals surface area contributed by atoms with E-state index in [9.17, 15) is 4.79 Å². The van der Waals surface area contributed by atoms with E-state index in [4.69, 9.17) is 4.74 Å². The second-order valence-corrected chi connectivity index (χ2v) is 6.17. The predicted octanol–water partition coefficient (Wildman–Crippen LogP) is 1.69. The van der Waals surface area contributed by atoms with Gasteiger partial charge in [-0.3, -0.25) is 0 Å². The minimum atomic E-state index is -0.170. The number of aromatic nitrogens is 2. The first-order valence-corrected chi connectivity index (χ1v) is 8.69. The number of carbonyl (C=O) groups is 1. The fourth-order valence-corrected chi connectivity index (χ4v) is 3.22. The van der Waals surface area contributed by atoms with E-state index in [0.717, 1.165) is 24.4 Å². The van der Waals surface area contributed by atoms with Crippen LogP contribution in [0.3, 0.4) is 0 Å². The molecule has 2 heterocycles. The van der Waals surface area contributed by atoms with Gasteiger partial charge in [0.05, 0.1) is 6.04 Å². The molecule has 1 aliphatic rings. The number of carbonyl (C=O) groups excluding carboxylic acids is 1. The maximum atomic E-state index is 12.1. The van der Waals surface area contributed by atoms with Gasteiger partial charge in [-0.05, 0) is 19.1 Å². The Balaban J connectivity index is 1.92.